The van der Waals surface area contributed by atoms with Crippen molar-refractivity contribution < 1.29 is 18.3 Å². The molecule has 138 valence electrons. The second kappa shape index (κ2) is 7.37. The van der Waals surface area contributed by atoms with E-state index in [1.54, 1.807) is 31.3 Å². The summed E-state index contributed by atoms with van der Waals surface area (Å²) in [6.07, 6.45) is 2.21. The molecule has 0 saturated heterocycles. The van der Waals surface area contributed by atoms with E-state index in [1.165, 1.54) is 4.68 Å². The van der Waals surface area contributed by atoms with Crippen molar-refractivity contribution in [1.82, 2.24) is 9.78 Å². The summed E-state index contributed by atoms with van der Waals surface area (Å²) in [6.45, 7) is 1.91. The molecule has 0 unspecified atom stereocenters. The molecule has 26 heavy (non-hydrogen) atoms. The first-order valence-corrected chi connectivity index (χ1v) is 8.83. The Morgan fingerprint density at radius 2 is 2.19 bits per heavy atom. The number of ether oxygens (including phenoxy) is 1. The van der Waals surface area contributed by atoms with E-state index in [0.717, 1.165) is 6.08 Å². The number of carbonyl (C=O) groups is 1. The minimum absolute atomic E-state index is 0.112. The molecule has 0 N–H and O–H groups in total. The summed E-state index contributed by atoms with van der Waals surface area (Å²) in [5, 5.41) is 5.12. The van der Waals surface area contributed by atoms with Crippen molar-refractivity contribution in [3.05, 3.63) is 57.3 Å². The number of hydrogen-bond donors (Lipinski definition) is 0. The van der Waals surface area contributed by atoms with Crippen LogP contribution in [0.1, 0.15) is 30.2 Å². The third-order valence-electron chi connectivity index (χ3n) is 4.16. The van der Waals surface area contributed by atoms with Crippen LogP contribution in [-0.2, 0) is 22.5 Å². The topological polar surface area (TPSA) is 44.1 Å². The van der Waals surface area contributed by atoms with Crippen LogP contribution in [0, 0.1) is 0 Å². The monoisotopic (exact) mass is 400 g/mol. The number of nitrogens with zero attached hydrogens (tertiary/aromatic N) is 2. The fourth-order valence-electron chi connectivity index (χ4n) is 2.93. The van der Waals surface area contributed by atoms with Crippen LogP contribution in [0.4, 0.5) is 8.78 Å². The molecule has 3 rings (SSSR count). The van der Waals surface area contributed by atoms with Gasteiger partial charge in [0.2, 0.25) is 0 Å². The molecule has 2 aromatic rings. The number of rotatable bonds is 4. The molecular weight excluding hydrogens is 385 g/mol. The van der Waals surface area contributed by atoms with Gasteiger partial charge in [0.25, 0.3) is 5.92 Å². The smallest absolute Gasteiger partial charge is 0.331 e. The summed E-state index contributed by atoms with van der Waals surface area (Å²) in [5.41, 5.74) is 1.21. The third-order valence-corrected chi connectivity index (χ3v) is 4.74. The first kappa shape index (κ1) is 18.9. The highest BCUT2D eigenvalue weighted by Gasteiger charge is 2.42. The van der Waals surface area contributed by atoms with E-state index >= 15 is 0 Å². The minimum Gasteiger partial charge on any atom is -0.463 e. The van der Waals surface area contributed by atoms with Crippen LogP contribution in [0.3, 0.4) is 0 Å². The summed E-state index contributed by atoms with van der Waals surface area (Å²) in [5.74, 6) is -3.94. The van der Waals surface area contributed by atoms with E-state index in [0.29, 0.717) is 21.2 Å². The van der Waals surface area contributed by atoms with Gasteiger partial charge in [-0.15, -0.1) is 0 Å². The minimum atomic E-state index is -3.14. The number of allylic oxidation sites excluding steroid dienone is 1. The van der Waals surface area contributed by atoms with Crippen molar-refractivity contribution in [3.63, 3.8) is 0 Å². The summed E-state index contributed by atoms with van der Waals surface area (Å²) in [6, 6.07) is 4.97. The molecule has 0 spiro atoms. The highest BCUT2D eigenvalue weighted by Crippen LogP contribution is 2.42. The van der Waals surface area contributed by atoms with Gasteiger partial charge in [-0.2, -0.15) is 5.10 Å². The quantitative estimate of drug-likeness (QED) is 0.548. The molecule has 1 aliphatic rings. The zero-order valence-corrected chi connectivity index (χ0v) is 15.4. The first-order chi connectivity index (χ1) is 12.3. The molecular formula is C18H16Cl2F2N2O2. The lowest BCUT2D eigenvalue weighted by atomic mass is 9.89. The molecule has 1 aromatic heterocycles. The zero-order chi connectivity index (χ0) is 18.9. The predicted octanol–water partition coefficient (Wildman–Crippen LogP) is 4.77. The number of benzene rings is 1. The maximum absolute atomic E-state index is 14.5. The maximum atomic E-state index is 14.5. The van der Waals surface area contributed by atoms with Crippen molar-refractivity contribution in [2.45, 2.75) is 32.2 Å². The standard InChI is InChI=1S/C18H16Cl2F2N2O2/c1-2-26-16(25)8-14-17-11(5-6-18(14,21)22)9-23-24(17)10-12-3-4-13(19)7-15(12)20/h3-4,7-9H,2,5-6,10H2,1H3/b14-8+. The lowest BCUT2D eigenvalue weighted by Crippen LogP contribution is -2.27. The summed E-state index contributed by atoms with van der Waals surface area (Å²) in [4.78, 5) is 11.8. The summed E-state index contributed by atoms with van der Waals surface area (Å²) >= 11 is 12.1. The number of halogens is 4. The van der Waals surface area contributed by atoms with Crippen LogP contribution in [0.2, 0.25) is 10.0 Å². The van der Waals surface area contributed by atoms with Crippen molar-refractivity contribution in [3.8, 4) is 0 Å². The molecule has 1 aromatic carbocycles. The predicted molar refractivity (Wildman–Crippen MR) is 95.7 cm³/mol. The van der Waals surface area contributed by atoms with E-state index in [-0.39, 0.29) is 37.3 Å². The van der Waals surface area contributed by atoms with Gasteiger partial charge in [-0.1, -0.05) is 29.3 Å². The van der Waals surface area contributed by atoms with E-state index < -0.39 is 11.9 Å². The van der Waals surface area contributed by atoms with E-state index in [2.05, 4.69) is 5.10 Å². The Labute approximate surface area is 159 Å². The van der Waals surface area contributed by atoms with Crippen LogP contribution in [0.15, 0.2) is 30.5 Å². The molecule has 0 saturated carbocycles. The Hall–Kier alpha value is -1.92. The van der Waals surface area contributed by atoms with Crippen molar-refractivity contribution in [1.29, 1.82) is 0 Å². The van der Waals surface area contributed by atoms with Gasteiger partial charge in [-0.25, -0.2) is 13.6 Å². The van der Waals surface area contributed by atoms with E-state index in [4.69, 9.17) is 27.9 Å². The summed E-state index contributed by atoms with van der Waals surface area (Å²) < 4.78 is 35.3. The largest absolute Gasteiger partial charge is 0.463 e. The van der Waals surface area contributed by atoms with Gasteiger partial charge < -0.3 is 4.74 Å². The fourth-order valence-corrected chi connectivity index (χ4v) is 3.39. The summed E-state index contributed by atoms with van der Waals surface area (Å²) in [7, 11) is 0. The molecule has 1 heterocycles. The van der Waals surface area contributed by atoms with Gasteiger partial charge in [-0.05, 0) is 36.6 Å². The first-order valence-electron chi connectivity index (χ1n) is 8.07. The Kier molecular flexibility index (Phi) is 5.34. The van der Waals surface area contributed by atoms with Gasteiger partial charge in [0.05, 0.1) is 30.6 Å². The van der Waals surface area contributed by atoms with Crippen LogP contribution in [0.5, 0.6) is 0 Å². The molecule has 0 bridgehead atoms. The number of hydrogen-bond acceptors (Lipinski definition) is 3. The van der Waals surface area contributed by atoms with Gasteiger partial charge in [-0.3, -0.25) is 4.68 Å². The molecule has 4 nitrogen and oxygen atoms in total. The lowest BCUT2D eigenvalue weighted by molar-refractivity contribution is -0.137. The van der Waals surface area contributed by atoms with Gasteiger partial charge in [0, 0.05) is 22.5 Å². The fraction of sp³-hybridized carbons (Fsp3) is 0.333. The Morgan fingerprint density at radius 1 is 1.42 bits per heavy atom. The van der Waals surface area contributed by atoms with Crippen LogP contribution >= 0.6 is 23.2 Å². The lowest BCUT2D eigenvalue weighted by Gasteiger charge is -2.26. The van der Waals surface area contributed by atoms with E-state index in [9.17, 15) is 13.6 Å². The molecule has 8 heteroatoms. The van der Waals surface area contributed by atoms with Gasteiger partial charge >= 0.3 is 5.97 Å². The number of fused-ring (bicyclic) bond motifs is 1. The molecule has 0 amide bonds. The normalized spacial score (nSPS) is 17.2. The van der Waals surface area contributed by atoms with Crippen LogP contribution in [-0.4, -0.2) is 28.3 Å². The van der Waals surface area contributed by atoms with Gasteiger partial charge in [0.15, 0.2) is 0 Å². The second-order valence-corrected chi connectivity index (χ2v) is 6.77. The number of alkyl halides is 2. The van der Waals surface area contributed by atoms with Gasteiger partial charge in [0.1, 0.15) is 0 Å². The molecule has 0 atom stereocenters. The van der Waals surface area contributed by atoms with E-state index in [1.807, 2.05) is 0 Å². The maximum Gasteiger partial charge on any atom is 0.331 e. The third kappa shape index (κ3) is 3.76. The van der Waals surface area contributed by atoms with Crippen molar-refractivity contribution in [2.24, 2.45) is 0 Å². The average Bonchev–Trinajstić information content (AvgIpc) is 2.96. The Balaban J connectivity index is 2.04. The number of esters is 1. The number of aryl methyl sites for hydroxylation is 1. The average molecular weight is 401 g/mol. The van der Waals surface area contributed by atoms with Crippen molar-refractivity contribution in [2.75, 3.05) is 6.61 Å². The van der Waals surface area contributed by atoms with Crippen LogP contribution in [0.25, 0.3) is 5.57 Å². The molecule has 0 aliphatic heterocycles. The van der Waals surface area contributed by atoms with Crippen LogP contribution < -0.4 is 0 Å². The highest BCUT2D eigenvalue weighted by molar-refractivity contribution is 6.35. The SMILES string of the molecule is CCOC(=O)/C=C1\c2c(cnn2Cc2ccc(Cl)cc2Cl)CCC1(F)F. The number of carbonyl (C=O) groups excluding carboxylic acids is 1. The molecule has 1 aliphatic carbocycles. The zero-order valence-electron chi connectivity index (χ0n) is 13.9. The van der Waals surface area contributed by atoms with Crippen molar-refractivity contribution >= 4 is 34.7 Å². The Bertz CT molecular complexity index is 878. The molecule has 0 fully saturated rings. The number of aromatic nitrogens is 2. The highest BCUT2D eigenvalue weighted by atomic mass is 35.5. The second-order valence-electron chi connectivity index (χ2n) is 5.93. The Morgan fingerprint density at radius 3 is 2.88 bits per heavy atom. The molecule has 0 radical (unpaired) electrons.